The minimum Gasteiger partial charge on any atom is -0.394 e. The summed E-state index contributed by atoms with van der Waals surface area (Å²) in [6.45, 7) is -0.509. The second-order valence-corrected chi connectivity index (χ2v) is 6.84. The first kappa shape index (κ1) is 20.0. The van der Waals surface area contributed by atoms with E-state index in [2.05, 4.69) is 15.6 Å². The molecule has 1 aliphatic rings. The van der Waals surface area contributed by atoms with Gasteiger partial charge in [-0.05, 0) is 17.5 Å². The zero-order chi connectivity index (χ0) is 21.3. The smallest absolute Gasteiger partial charge is 0.351 e. The molecular weight excluding hydrogens is 392 g/mol. The summed E-state index contributed by atoms with van der Waals surface area (Å²) in [4.78, 5) is 28.5. The Morgan fingerprint density at radius 3 is 2.57 bits per heavy atom. The summed E-state index contributed by atoms with van der Waals surface area (Å²) in [5.74, 6) is 0.000676. The number of urea groups is 1. The van der Waals surface area contributed by atoms with E-state index in [1.807, 2.05) is 36.4 Å². The first-order valence-electron chi connectivity index (χ1n) is 9.25. The lowest BCUT2D eigenvalue weighted by atomic mass is 10.1. The van der Waals surface area contributed by atoms with Crippen molar-refractivity contribution in [3.63, 3.8) is 0 Å². The molecular formula is C20H20N4O6. The molecule has 1 aromatic heterocycles. The first-order valence-corrected chi connectivity index (χ1v) is 9.25. The Kier molecular flexibility index (Phi) is 5.46. The van der Waals surface area contributed by atoms with E-state index in [4.69, 9.17) is 9.84 Å². The number of amides is 2. The number of aliphatic hydroxyl groups excluding tert-OH is 3. The number of carbonyl (C=O) groups excluding carboxylic acids is 1. The van der Waals surface area contributed by atoms with E-state index in [1.165, 1.54) is 12.3 Å². The van der Waals surface area contributed by atoms with Crippen molar-refractivity contribution in [2.24, 2.45) is 0 Å². The zero-order valence-corrected chi connectivity index (χ0v) is 15.7. The molecule has 1 saturated heterocycles. The molecule has 2 aromatic carbocycles. The highest BCUT2D eigenvalue weighted by Crippen LogP contribution is 2.28. The average molecular weight is 412 g/mol. The first-order chi connectivity index (χ1) is 14.5. The molecule has 10 heteroatoms. The highest BCUT2D eigenvalue weighted by Gasteiger charge is 2.43. The molecule has 0 radical (unpaired) electrons. The third-order valence-corrected chi connectivity index (χ3v) is 4.90. The van der Waals surface area contributed by atoms with Gasteiger partial charge in [-0.25, -0.2) is 9.59 Å². The predicted molar refractivity (Wildman–Crippen MR) is 108 cm³/mol. The number of nitrogens with zero attached hydrogens (tertiary/aromatic N) is 2. The Morgan fingerprint density at radius 1 is 1.07 bits per heavy atom. The molecule has 1 fully saturated rings. The van der Waals surface area contributed by atoms with Gasteiger partial charge in [0.05, 0.1) is 12.3 Å². The summed E-state index contributed by atoms with van der Waals surface area (Å²) < 4.78 is 6.30. The Balaban J connectivity index is 1.48. The number of aromatic nitrogens is 2. The summed E-state index contributed by atoms with van der Waals surface area (Å²) in [5, 5.41) is 36.1. The monoisotopic (exact) mass is 412 g/mol. The Hall–Kier alpha value is -3.31. The molecule has 4 rings (SSSR count). The van der Waals surface area contributed by atoms with Crippen LogP contribution in [0.25, 0.3) is 10.8 Å². The Labute approximate surface area is 170 Å². The molecule has 1 aliphatic heterocycles. The van der Waals surface area contributed by atoms with Crippen LogP contribution in [0.2, 0.25) is 0 Å². The van der Waals surface area contributed by atoms with Crippen LogP contribution in [0.15, 0.2) is 59.5 Å². The largest absolute Gasteiger partial charge is 0.394 e. The number of rotatable bonds is 4. The molecule has 5 N–H and O–H groups in total. The van der Waals surface area contributed by atoms with Crippen LogP contribution in [0.4, 0.5) is 16.3 Å². The molecule has 0 bridgehead atoms. The van der Waals surface area contributed by atoms with Crippen LogP contribution in [-0.2, 0) is 4.74 Å². The van der Waals surface area contributed by atoms with Crippen molar-refractivity contribution in [2.45, 2.75) is 24.5 Å². The van der Waals surface area contributed by atoms with Gasteiger partial charge in [-0.3, -0.25) is 9.88 Å². The van der Waals surface area contributed by atoms with Gasteiger partial charge < -0.3 is 25.4 Å². The van der Waals surface area contributed by atoms with E-state index in [0.717, 1.165) is 15.3 Å². The average Bonchev–Trinajstić information content (AvgIpc) is 3.02. The maximum atomic E-state index is 12.4. The third-order valence-electron chi connectivity index (χ3n) is 4.90. The number of carbonyl (C=O) groups is 1. The molecule has 4 atom stereocenters. The SMILES string of the molecule is O=C(Nc1ccn([C@@H]2O[C@H](CO)[C@@H](O)[C@H]2O)c(=O)n1)Nc1cccc2ccccc12. The van der Waals surface area contributed by atoms with Crippen LogP contribution in [0.1, 0.15) is 6.23 Å². The van der Waals surface area contributed by atoms with Crippen LogP contribution in [-0.4, -0.2) is 55.8 Å². The Morgan fingerprint density at radius 2 is 1.83 bits per heavy atom. The van der Waals surface area contributed by atoms with Crippen molar-refractivity contribution in [3.05, 3.63) is 65.2 Å². The van der Waals surface area contributed by atoms with Crippen molar-refractivity contribution < 1.29 is 24.9 Å². The van der Waals surface area contributed by atoms with Crippen LogP contribution in [0, 0.1) is 0 Å². The number of aliphatic hydroxyl groups is 3. The topological polar surface area (TPSA) is 146 Å². The van der Waals surface area contributed by atoms with E-state index in [9.17, 15) is 19.8 Å². The molecule has 156 valence electrons. The number of hydrogen-bond donors (Lipinski definition) is 5. The van der Waals surface area contributed by atoms with E-state index in [-0.39, 0.29) is 5.82 Å². The number of benzene rings is 2. The van der Waals surface area contributed by atoms with Crippen LogP contribution in [0.3, 0.4) is 0 Å². The van der Waals surface area contributed by atoms with Gasteiger partial charge in [-0.15, -0.1) is 0 Å². The lowest BCUT2D eigenvalue weighted by molar-refractivity contribution is -0.0549. The van der Waals surface area contributed by atoms with Crippen LogP contribution >= 0.6 is 0 Å². The van der Waals surface area contributed by atoms with Crippen molar-refractivity contribution in [2.75, 3.05) is 17.2 Å². The number of ether oxygens (including phenoxy) is 1. The highest BCUT2D eigenvalue weighted by molar-refractivity contribution is 6.05. The lowest BCUT2D eigenvalue weighted by Gasteiger charge is -2.17. The number of hydrogen-bond acceptors (Lipinski definition) is 7. The van der Waals surface area contributed by atoms with Crippen molar-refractivity contribution in [1.82, 2.24) is 9.55 Å². The molecule has 2 heterocycles. The summed E-state index contributed by atoms with van der Waals surface area (Å²) in [7, 11) is 0. The summed E-state index contributed by atoms with van der Waals surface area (Å²) in [6.07, 6.45) is -3.67. The second-order valence-electron chi connectivity index (χ2n) is 6.84. The lowest BCUT2D eigenvalue weighted by Crippen LogP contribution is -2.36. The van der Waals surface area contributed by atoms with E-state index in [0.29, 0.717) is 5.69 Å². The van der Waals surface area contributed by atoms with Crippen LogP contribution in [0.5, 0.6) is 0 Å². The fourth-order valence-corrected chi connectivity index (χ4v) is 3.39. The van der Waals surface area contributed by atoms with Gasteiger partial charge >= 0.3 is 11.7 Å². The van der Waals surface area contributed by atoms with E-state index < -0.39 is 42.9 Å². The van der Waals surface area contributed by atoms with Gasteiger partial charge in [-0.2, -0.15) is 4.98 Å². The van der Waals surface area contributed by atoms with Crippen molar-refractivity contribution in [1.29, 1.82) is 0 Å². The molecule has 0 saturated carbocycles. The van der Waals surface area contributed by atoms with E-state index >= 15 is 0 Å². The summed E-state index contributed by atoms with van der Waals surface area (Å²) in [5.41, 5.74) is -0.196. The van der Waals surface area contributed by atoms with E-state index in [1.54, 1.807) is 6.07 Å². The van der Waals surface area contributed by atoms with Gasteiger partial charge in [0.25, 0.3) is 0 Å². The molecule has 0 spiro atoms. The molecule has 10 nitrogen and oxygen atoms in total. The Bertz CT molecular complexity index is 1130. The number of fused-ring (bicyclic) bond motifs is 1. The van der Waals surface area contributed by atoms with Gasteiger partial charge in [0.15, 0.2) is 6.23 Å². The maximum absolute atomic E-state index is 12.4. The van der Waals surface area contributed by atoms with Gasteiger partial charge in [0, 0.05) is 11.6 Å². The third kappa shape index (κ3) is 3.76. The van der Waals surface area contributed by atoms with Crippen molar-refractivity contribution in [3.8, 4) is 0 Å². The fourth-order valence-electron chi connectivity index (χ4n) is 3.39. The highest BCUT2D eigenvalue weighted by atomic mass is 16.6. The van der Waals surface area contributed by atoms with Gasteiger partial charge in [-0.1, -0.05) is 36.4 Å². The summed E-state index contributed by atoms with van der Waals surface area (Å²) >= 11 is 0. The minimum absolute atomic E-state index is 0.000676. The number of nitrogens with one attached hydrogen (secondary N) is 2. The predicted octanol–water partition coefficient (Wildman–Crippen LogP) is 0.652. The zero-order valence-electron chi connectivity index (χ0n) is 15.7. The molecule has 30 heavy (non-hydrogen) atoms. The fraction of sp³-hybridized carbons (Fsp3) is 0.250. The second kappa shape index (κ2) is 8.20. The maximum Gasteiger partial charge on any atom is 0.351 e. The van der Waals surface area contributed by atoms with Crippen LogP contribution < -0.4 is 16.3 Å². The normalized spacial score (nSPS) is 23.4. The molecule has 0 unspecified atom stereocenters. The van der Waals surface area contributed by atoms with Crippen molar-refractivity contribution >= 4 is 28.3 Å². The number of anilines is 2. The minimum atomic E-state index is -1.41. The van der Waals surface area contributed by atoms with Gasteiger partial charge in [0.1, 0.15) is 24.1 Å². The quantitative estimate of drug-likeness (QED) is 0.423. The molecule has 0 aliphatic carbocycles. The molecule has 3 aromatic rings. The standard InChI is InChI=1S/C20H20N4O6/c25-10-14-16(26)17(27)18(30-14)24-9-8-15(23-20(24)29)22-19(28)21-13-7-3-5-11-4-1-2-6-12(11)13/h1-9,14,16-18,25-27H,10H2,(H2,21,22,23,28,29)/t14-,16-,17-,18-/m1/s1. The molecule has 2 amide bonds. The summed E-state index contributed by atoms with van der Waals surface area (Å²) in [6, 6.07) is 13.9. The van der Waals surface area contributed by atoms with Gasteiger partial charge in [0.2, 0.25) is 0 Å².